The summed E-state index contributed by atoms with van der Waals surface area (Å²) in [7, 11) is 1.62. The third-order valence-corrected chi connectivity index (χ3v) is 6.33. The zero-order valence-electron chi connectivity index (χ0n) is 19.1. The van der Waals surface area contributed by atoms with E-state index in [1.807, 2.05) is 85.2 Å². The highest BCUT2D eigenvalue weighted by atomic mass is 16.5. The van der Waals surface area contributed by atoms with Crippen molar-refractivity contribution in [2.75, 3.05) is 33.3 Å². The molecular formula is C26H29N3O3. The fourth-order valence-electron chi connectivity index (χ4n) is 4.24. The molecule has 0 unspecified atom stereocenters. The highest BCUT2D eigenvalue weighted by Gasteiger charge is 2.35. The third-order valence-electron chi connectivity index (χ3n) is 6.33. The van der Waals surface area contributed by atoms with Gasteiger partial charge in [0, 0.05) is 37.6 Å². The van der Waals surface area contributed by atoms with Gasteiger partial charge in [-0.15, -0.1) is 0 Å². The van der Waals surface area contributed by atoms with Crippen molar-refractivity contribution in [2.24, 2.45) is 0 Å². The van der Waals surface area contributed by atoms with Crippen LogP contribution >= 0.6 is 0 Å². The van der Waals surface area contributed by atoms with Gasteiger partial charge in [-0.05, 0) is 44.5 Å². The van der Waals surface area contributed by atoms with Gasteiger partial charge in [0.1, 0.15) is 5.75 Å². The van der Waals surface area contributed by atoms with E-state index in [-0.39, 0.29) is 11.8 Å². The fourth-order valence-corrected chi connectivity index (χ4v) is 4.24. The van der Waals surface area contributed by atoms with E-state index in [2.05, 4.69) is 4.98 Å². The van der Waals surface area contributed by atoms with Crippen LogP contribution in [0.2, 0.25) is 0 Å². The number of carbonyl (C=O) groups excluding carboxylic acids is 2. The molecule has 0 saturated carbocycles. The lowest BCUT2D eigenvalue weighted by Gasteiger charge is -2.39. The van der Waals surface area contributed by atoms with E-state index in [4.69, 9.17) is 4.74 Å². The third kappa shape index (κ3) is 4.05. The number of aryl methyl sites for hydroxylation is 1. The van der Waals surface area contributed by atoms with Gasteiger partial charge in [0.2, 0.25) is 5.91 Å². The average molecular weight is 432 g/mol. The number of methoxy groups -OCH3 is 1. The number of hydrogen-bond donors (Lipinski definition) is 0. The van der Waals surface area contributed by atoms with Crippen LogP contribution in [0.4, 0.5) is 0 Å². The maximum Gasteiger partial charge on any atom is 0.255 e. The van der Waals surface area contributed by atoms with Crippen molar-refractivity contribution in [3.8, 4) is 5.75 Å². The monoisotopic (exact) mass is 431 g/mol. The summed E-state index contributed by atoms with van der Waals surface area (Å²) >= 11 is 0. The Morgan fingerprint density at radius 2 is 1.59 bits per heavy atom. The Hall–Kier alpha value is -3.41. The van der Waals surface area contributed by atoms with E-state index in [9.17, 15) is 9.59 Å². The largest absolute Gasteiger partial charge is 0.497 e. The Labute approximate surface area is 188 Å². The summed E-state index contributed by atoms with van der Waals surface area (Å²) in [6.45, 7) is 7.85. The first kappa shape index (κ1) is 21.8. The van der Waals surface area contributed by atoms with E-state index >= 15 is 0 Å². The molecule has 2 amide bonds. The van der Waals surface area contributed by atoms with Crippen LogP contribution in [0.25, 0.3) is 10.9 Å². The van der Waals surface area contributed by atoms with Gasteiger partial charge in [0.15, 0.2) is 0 Å². The van der Waals surface area contributed by atoms with E-state index in [1.54, 1.807) is 7.11 Å². The number of carbonyl (C=O) groups is 2. The molecule has 3 aromatic rings. The van der Waals surface area contributed by atoms with Crippen LogP contribution in [0.3, 0.4) is 0 Å². The van der Waals surface area contributed by atoms with Crippen LogP contribution in [0.1, 0.15) is 35.5 Å². The average Bonchev–Trinajstić information content (AvgIpc) is 2.83. The van der Waals surface area contributed by atoms with Crippen molar-refractivity contribution >= 4 is 22.7 Å². The second-order valence-electron chi connectivity index (χ2n) is 8.76. The van der Waals surface area contributed by atoms with Gasteiger partial charge in [-0.1, -0.05) is 30.3 Å². The van der Waals surface area contributed by atoms with Gasteiger partial charge in [0.25, 0.3) is 5.91 Å². The second kappa shape index (κ2) is 8.61. The minimum Gasteiger partial charge on any atom is -0.497 e. The molecule has 4 rings (SSSR count). The number of piperazine rings is 1. The van der Waals surface area contributed by atoms with E-state index < -0.39 is 5.41 Å². The standard InChI is InChI=1S/C26H29N3O3/c1-18-22(16-19-10-11-21(32-4)17-23(19)27-18)24(30)28-12-14-29(15-13-28)25(31)26(2,3)20-8-6-5-7-9-20/h5-11,16-17H,12-15H2,1-4H3. The summed E-state index contributed by atoms with van der Waals surface area (Å²) < 4.78 is 5.27. The fraction of sp³-hybridized carbons (Fsp3) is 0.346. The lowest BCUT2D eigenvalue weighted by molar-refractivity contribution is -0.137. The highest BCUT2D eigenvalue weighted by Crippen LogP contribution is 2.27. The van der Waals surface area contributed by atoms with Crippen molar-refractivity contribution in [2.45, 2.75) is 26.2 Å². The lowest BCUT2D eigenvalue weighted by Crippen LogP contribution is -2.54. The Kier molecular flexibility index (Phi) is 5.87. The summed E-state index contributed by atoms with van der Waals surface area (Å²) in [6, 6.07) is 17.4. The van der Waals surface area contributed by atoms with Gasteiger partial charge >= 0.3 is 0 Å². The lowest BCUT2D eigenvalue weighted by atomic mass is 9.83. The Morgan fingerprint density at radius 3 is 2.25 bits per heavy atom. The smallest absolute Gasteiger partial charge is 0.255 e. The Balaban J connectivity index is 1.47. The minimum atomic E-state index is -0.604. The molecule has 1 aromatic heterocycles. The van der Waals surface area contributed by atoms with Gasteiger partial charge in [-0.25, -0.2) is 0 Å². The second-order valence-corrected chi connectivity index (χ2v) is 8.76. The number of nitrogens with zero attached hydrogens (tertiary/aromatic N) is 3. The predicted octanol–water partition coefficient (Wildman–Crippen LogP) is 3.81. The van der Waals surface area contributed by atoms with Crippen LogP contribution in [-0.2, 0) is 10.2 Å². The van der Waals surface area contributed by atoms with Crippen LogP contribution in [0.15, 0.2) is 54.6 Å². The first-order valence-corrected chi connectivity index (χ1v) is 10.9. The normalized spacial score (nSPS) is 14.5. The van der Waals surface area contributed by atoms with E-state index in [1.165, 1.54) is 0 Å². The van der Waals surface area contributed by atoms with Crippen molar-refractivity contribution in [1.29, 1.82) is 0 Å². The first-order valence-electron chi connectivity index (χ1n) is 10.9. The minimum absolute atomic E-state index is 0.0397. The number of rotatable bonds is 4. The zero-order chi connectivity index (χ0) is 22.9. The summed E-state index contributed by atoms with van der Waals surface area (Å²) in [5.41, 5.74) is 2.49. The predicted molar refractivity (Wildman–Crippen MR) is 125 cm³/mol. The number of benzene rings is 2. The summed E-state index contributed by atoms with van der Waals surface area (Å²) in [5, 5.41) is 0.901. The molecule has 2 heterocycles. The number of aromatic nitrogens is 1. The van der Waals surface area contributed by atoms with Crippen LogP contribution in [0, 0.1) is 6.92 Å². The molecule has 0 N–H and O–H groups in total. The van der Waals surface area contributed by atoms with Crippen LogP contribution in [0.5, 0.6) is 5.75 Å². The number of hydrogen-bond acceptors (Lipinski definition) is 4. The molecular weight excluding hydrogens is 402 g/mol. The Morgan fingerprint density at radius 1 is 0.938 bits per heavy atom. The molecule has 32 heavy (non-hydrogen) atoms. The topological polar surface area (TPSA) is 62.7 Å². The molecule has 2 aromatic carbocycles. The summed E-state index contributed by atoms with van der Waals surface area (Å²) in [6.07, 6.45) is 0. The van der Waals surface area contributed by atoms with E-state index in [0.29, 0.717) is 37.4 Å². The SMILES string of the molecule is COc1ccc2cc(C(=O)N3CCN(C(=O)C(C)(C)c4ccccc4)CC3)c(C)nc2c1. The quantitative estimate of drug-likeness (QED) is 0.630. The first-order chi connectivity index (χ1) is 15.3. The van der Waals surface area contributed by atoms with Gasteiger partial charge in [0.05, 0.1) is 29.3 Å². The molecule has 0 atom stereocenters. The Bertz CT molecular complexity index is 1150. The van der Waals surface area contributed by atoms with Crippen molar-refractivity contribution in [1.82, 2.24) is 14.8 Å². The van der Waals surface area contributed by atoms with Crippen LogP contribution < -0.4 is 4.74 Å². The zero-order valence-corrected chi connectivity index (χ0v) is 19.1. The molecule has 1 saturated heterocycles. The number of ether oxygens (including phenoxy) is 1. The van der Waals surface area contributed by atoms with E-state index in [0.717, 1.165) is 22.2 Å². The number of amides is 2. The summed E-state index contributed by atoms with van der Waals surface area (Å²) in [5.74, 6) is 0.790. The maximum absolute atomic E-state index is 13.2. The van der Waals surface area contributed by atoms with Crippen molar-refractivity contribution in [3.05, 3.63) is 71.4 Å². The molecule has 1 aliphatic heterocycles. The molecule has 166 valence electrons. The summed E-state index contributed by atoms with van der Waals surface area (Å²) in [4.78, 5) is 34.8. The molecule has 6 nitrogen and oxygen atoms in total. The molecule has 0 radical (unpaired) electrons. The number of pyridine rings is 1. The molecule has 6 heteroatoms. The number of fused-ring (bicyclic) bond motifs is 1. The molecule has 1 fully saturated rings. The van der Waals surface area contributed by atoms with Gasteiger partial charge in [-0.2, -0.15) is 0 Å². The van der Waals surface area contributed by atoms with Crippen molar-refractivity contribution in [3.63, 3.8) is 0 Å². The van der Waals surface area contributed by atoms with Gasteiger partial charge in [-0.3, -0.25) is 14.6 Å². The van der Waals surface area contributed by atoms with Crippen molar-refractivity contribution < 1.29 is 14.3 Å². The molecule has 1 aliphatic rings. The maximum atomic E-state index is 13.2. The highest BCUT2D eigenvalue weighted by molar-refractivity contribution is 5.99. The molecule has 0 bridgehead atoms. The molecule has 0 aliphatic carbocycles. The van der Waals surface area contributed by atoms with Crippen LogP contribution in [-0.4, -0.2) is 59.9 Å². The molecule has 0 spiro atoms. The van der Waals surface area contributed by atoms with Gasteiger partial charge < -0.3 is 14.5 Å².